The van der Waals surface area contributed by atoms with Gasteiger partial charge in [-0.2, -0.15) is 0 Å². The Kier molecular flexibility index (Phi) is 5.48. The summed E-state index contributed by atoms with van der Waals surface area (Å²) in [5.41, 5.74) is 7.43. The zero-order valence-corrected chi connectivity index (χ0v) is 15.1. The third kappa shape index (κ3) is 4.06. The van der Waals surface area contributed by atoms with Crippen molar-refractivity contribution in [1.29, 1.82) is 0 Å². The highest BCUT2D eigenvalue weighted by molar-refractivity contribution is 5.26. The molecule has 1 aromatic heterocycles. The van der Waals surface area contributed by atoms with E-state index >= 15 is 0 Å². The highest BCUT2D eigenvalue weighted by atomic mass is 16.5. The van der Waals surface area contributed by atoms with Crippen molar-refractivity contribution in [2.75, 3.05) is 44.3 Å². The van der Waals surface area contributed by atoms with Crippen molar-refractivity contribution in [3.05, 3.63) is 41.8 Å². The Morgan fingerprint density at radius 3 is 2.50 bits per heavy atom. The van der Waals surface area contributed by atoms with Crippen LogP contribution in [0.25, 0.3) is 0 Å². The normalized spacial score (nSPS) is 21.0. The van der Waals surface area contributed by atoms with E-state index in [2.05, 4.69) is 32.1 Å². The van der Waals surface area contributed by atoms with Gasteiger partial charge in [-0.1, -0.05) is 35.4 Å². The molecule has 2 aliphatic heterocycles. The fourth-order valence-corrected chi connectivity index (χ4v) is 3.79. The lowest BCUT2D eigenvalue weighted by Crippen LogP contribution is -2.51. The number of benzene rings is 1. The van der Waals surface area contributed by atoms with Crippen molar-refractivity contribution in [3.63, 3.8) is 0 Å². The van der Waals surface area contributed by atoms with E-state index in [1.807, 2.05) is 18.2 Å². The zero-order chi connectivity index (χ0) is 17.8. The van der Waals surface area contributed by atoms with E-state index in [-0.39, 0.29) is 6.04 Å². The molecule has 3 heterocycles. The van der Waals surface area contributed by atoms with Crippen LogP contribution in [0.5, 0.6) is 0 Å². The number of hydrogen-bond acceptors (Lipinski definition) is 7. The number of piperazine rings is 1. The molecule has 2 fully saturated rings. The van der Waals surface area contributed by atoms with Crippen LogP contribution in [0, 0.1) is 0 Å². The van der Waals surface area contributed by atoms with Gasteiger partial charge in [0.05, 0.1) is 6.04 Å². The SMILES string of the molecule is N[C@H](Cc1ccccc1)c1nnc(N2CCN(C3CCOCC3)CC2)o1. The van der Waals surface area contributed by atoms with Crippen LogP contribution >= 0.6 is 0 Å². The summed E-state index contributed by atoms with van der Waals surface area (Å²) in [7, 11) is 0. The molecule has 0 spiro atoms. The Labute approximate surface area is 154 Å². The standard InChI is InChI=1S/C19H27N5O2/c20-17(14-15-4-2-1-3-5-15)18-21-22-19(26-18)24-10-8-23(9-11-24)16-6-12-25-13-7-16/h1-5,16-17H,6-14,20H2/t17-/m1/s1. The molecule has 2 aromatic rings. The van der Waals surface area contributed by atoms with Crippen LogP contribution in [0.4, 0.5) is 6.01 Å². The van der Waals surface area contributed by atoms with Gasteiger partial charge in [-0.25, -0.2) is 0 Å². The Bertz CT molecular complexity index is 678. The monoisotopic (exact) mass is 357 g/mol. The van der Waals surface area contributed by atoms with Crippen LogP contribution in [0.1, 0.15) is 30.3 Å². The first kappa shape index (κ1) is 17.5. The summed E-state index contributed by atoms with van der Waals surface area (Å²) in [5, 5.41) is 8.41. The van der Waals surface area contributed by atoms with Crippen molar-refractivity contribution < 1.29 is 9.15 Å². The van der Waals surface area contributed by atoms with E-state index in [9.17, 15) is 0 Å². The second-order valence-electron chi connectivity index (χ2n) is 7.09. The molecule has 1 aromatic carbocycles. The van der Waals surface area contributed by atoms with Gasteiger partial charge in [0.25, 0.3) is 0 Å². The van der Waals surface area contributed by atoms with E-state index in [4.69, 9.17) is 14.9 Å². The first-order chi connectivity index (χ1) is 12.8. The van der Waals surface area contributed by atoms with Gasteiger partial charge in [0.1, 0.15) is 0 Å². The van der Waals surface area contributed by atoms with Crippen molar-refractivity contribution in [3.8, 4) is 0 Å². The van der Waals surface area contributed by atoms with Gasteiger partial charge < -0.3 is 19.8 Å². The summed E-state index contributed by atoms with van der Waals surface area (Å²) in [6.07, 6.45) is 2.97. The lowest BCUT2D eigenvalue weighted by atomic mass is 10.1. The summed E-state index contributed by atoms with van der Waals surface area (Å²) in [5.74, 6) is 0.510. The van der Waals surface area contributed by atoms with Crippen molar-refractivity contribution in [2.24, 2.45) is 5.73 Å². The maximum Gasteiger partial charge on any atom is 0.318 e. The van der Waals surface area contributed by atoms with Crippen molar-refractivity contribution in [2.45, 2.75) is 31.3 Å². The van der Waals surface area contributed by atoms with Crippen LogP contribution in [0.2, 0.25) is 0 Å². The van der Waals surface area contributed by atoms with Gasteiger partial charge in [-0.15, -0.1) is 5.10 Å². The van der Waals surface area contributed by atoms with Crippen LogP contribution in [-0.2, 0) is 11.2 Å². The summed E-state index contributed by atoms with van der Waals surface area (Å²) < 4.78 is 11.3. The molecule has 4 rings (SSSR count). The average Bonchev–Trinajstić information content (AvgIpc) is 3.20. The van der Waals surface area contributed by atoms with E-state index in [1.54, 1.807) is 0 Å². The summed E-state index contributed by atoms with van der Waals surface area (Å²) >= 11 is 0. The van der Waals surface area contributed by atoms with Gasteiger partial charge in [-0.05, 0) is 24.8 Å². The molecule has 0 saturated carbocycles. The Morgan fingerprint density at radius 2 is 1.77 bits per heavy atom. The summed E-state index contributed by atoms with van der Waals surface area (Å²) in [6, 6.07) is 11.1. The van der Waals surface area contributed by atoms with Crippen molar-refractivity contribution in [1.82, 2.24) is 15.1 Å². The molecule has 26 heavy (non-hydrogen) atoms. The number of anilines is 1. The first-order valence-corrected chi connectivity index (χ1v) is 9.49. The third-order valence-electron chi connectivity index (χ3n) is 5.34. The quantitative estimate of drug-likeness (QED) is 0.871. The number of nitrogens with zero attached hydrogens (tertiary/aromatic N) is 4. The molecule has 2 N–H and O–H groups in total. The third-order valence-corrected chi connectivity index (χ3v) is 5.34. The Hall–Kier alpha value is -1.96. The molecule has 140 valence electrons. The van der Waals surface area contributed by atoms with Gasteiger partial charge in [-0.3, -0.25) is 4.90 Å². The largest absolute Gasteiger partial charge is 0.406 e. The molecule has 2 aliphatic rings. The average molecular weight is 357 g/mol. The van der Waals surface area contributed by atoms with E-state index in [0.29, 0.717) is 24.4 Å². The Morgan fingerprint density at radius 1 is 1.04 bits per heavy atom. The van der Waals surface area contributed by atoms with E-state index < -0.39 is 0 Å². The predicted octanol–water partition coefficient (Wildman–Crippen LogP) is 1.61. The minimum atomic E-state index is -0.276. The van der Waals surface area contributed by atoms with Gasteiger partial charge in [0, 0.05) is 45.4 Å². The molecular formula is C19H27N5O2. The molecule has 1 atom stereocenters. The fraction of sp³-hybridized carbons (Fsp3) is 0.579. The summed E-state index contributed by atoms with van der Waals surface area (Å²) in [6.45, 7) is 5.64. The molecule has 0 amide bonds. The predicted molar refractivity (Wildman–Crippen MR) is 99.0 cm³/mol. The van der Waals surface area contributed by atoms with E-state index in [1.165, 1.54) is 5.56 Å². The molecule has 2 saturated heterocycles. The lowest BCUT2D eigenvalue weighted by Gasteiger charge is -2.40. The van der Waals surface area contributed by atoms with Crippen LogP contribution in [-0.4, -0.2) is 60.5 Å². The zero-order valence-electron chi connectivity index (χ0n) is 15.1. The first-order valence-electron chi connectivity index (χ1n) is 9.49. The summed E-state index contributed by atoms with van der Waals surface area (Å²) in [4.78, 5) is 4.74. The molecule has 0 radical (unpaired) electrons. The molecule has 7 nitrogen and oxygen atoms in total. The molecular weight excluding hydrogens is 330 g/mol. The lowest BCUT2D eigenvalue weighted by molar-refractivity contribution is 0.0318. The minimum absolute atomic E-state index is 0.276. The van der Waals surface area contributed by atoms with Crippen LogP contribution < -0.4 is 10.6 Å². The van der Waals surface area contributed by atoms with Crippen LogP contribution in [0.3, 0.4) is 0 Å². The highest BCUT2D eigenvalue weighted by Gasteiger charge is 2.27. The second-order valence-corrected chi connectivity index (χ2v) is 7.09. The maximum absolute atomic E-state index is 6.25. The second kappa shape index (κ2) is 8.16. The number of hydrogen-bond donors (Lipinski definition) is 1. The number of aromatic nitrogens is 2. The smallest absolute Gasteiger partial charge is 0.318 e. The molecule has 7 heteroatoms. The molecule has 0 bridgehead atoms. The number of rotatable bonds is 5. The van der Waals surface area contributed by atoms with E-state index in [0.717, 1.165) is 52.2 Å². The van der Waals surface area contributed by atoms with Gasteiger partial charge in [0.15, 0.2) is 0 Å². The Balaban J connectivity index is 1.32. The van der Waals surface area contributed by atoms with Gasteiger partial charge >= 0.3 is 6.01 Å². The maximum atomic E-state index is 6.25. The molecule has 0 aliphatic carbocycles. The fourth-order valence-electron chi connectivity index (χ4n) is 3.79. The van der Waals surface area contributed by atoms with Crippen molar-refractivity contribution >= 4 is 6.01 Å². The number of nitrogens with two attached hydrogens (primary N) is 1. The molecule has 0 unspecified atom stereocenters. The van der Waals surface area contributed by atoms with Crippen LogP contribution in [0.15, 0.2) is 34.7 Å². The number of ether oxygens (including phenoxy) is 1. The minimum Gasteiger partial charge on any atom is -0.406 e. The highest BCUT2D eigenvalue weighted by Crippen LogP contribution is 2.22. The van der Waals surface area contributed by atoms with Gasteiger partial charge in [0.2, 0.25) is 5.89 Å². The topological polar surface area (TPSA) is 80.7 Å².